The van der Waals surface area contributed by atoms with Gasteiger partial charge in [0.1, 0.15) is 0 Å². The van der Waals surface area contributed by atoms with Gasteiger partial charge in [0.2, 0.25) is 0 Å². The van der Waals surface area contributed by atoms with Crippen LogP contribution in [0.15, 0.2) is 18.2 Å². The summed E-state index contributed by atoms with van der Waals surface area (Å²) in [4.78, 5) is 12.3. The van der Waals surface area contributed by atoms with E-state index in [1.54, 1.807) is 30.0 Å². The molecule has 1 aliphatic heterocycles. The third kappa shape index (κ3) is 2.24. The highest BCUT2D eigenvalue weighted by molar-refractivity contribution is 8.01. The highest BCUT2D eigenvalue weighted by atomic mass is 35.5. The fourth-order valence-corrected chi connectivity index (χ4v) is 3.48. The Labute approximate surface area is 110 Å². The van der Waals surface area contributed by atoms with Crippen molar-refractivity contribution in [1.29, 1.82) is 0 Å². The minimum Gasteiger partial charge on any atom is -0.293 e. The van der Waals surface area contributed by atoms with Gasteiger partial charge in [0, 0.05) is 5.56 Å². The van der Waals surface area contributed by atoms with Gasteiger partial charge in [-0.3, -0.25) is 4.79 Å². The van der Waals surface area contributed by atoms with Crippen molar-refractivity contribution in [3.05, 3.63) is 33.8 Å². The quantitative estimate of drug-likeness (QED) is 0.741. The molecule has 1 saturated heterocycles. The van der Waals surface area contributed by atoms with Crippen LogP contribution in [0.25, 0.3) is 0 Å². The molecule has 0 N–H and O–H groups in total. The van der Waals surface area contributed by atoms with E-state index >= 15 is 0 Å². The molecule has 0 bridgehead atoms. The normalized spacial score (nSPS) is 24.7. The molecular formula is C12H12Cl2OS. The maximum Gasteiger partial charge on any atom is 0.178 e. The van der Waals surface area contributed by atoms with Crippen LogP contribution >= 0.6 is 35.0 Å². The number of Topliss-reactive ketones (excluding diaryl/α,β-unsaturated/α-hetero) is 1. The first-order chi connectivity index (χ1) is 7.53. The van der Waals surface area contributed by atoms with Crippen molar-refractivity contribution >= 4 is 40.7 Å². The van der Waals surface area contributed by atoms with Crippen LogP contribution in [0.2, 0.25) is 10.0 Å². The molecule has 1 unspecified atom stereocenters. The van der Waals surface area contributed by atoms with Gasteiger partial charge in [0.25, 0.3) is 0 Å². The molecule has 16 heavy (non-hydrogen) atoms. The summed E-state index contributed by atoms with van der Waals surface area (Å²) < 4.78 is -0.281. The molecule has 1 aliphatic rings. The third-order valence-corrected chi connectivity index (χ3v) is 5.14. The van der Waals surface area contributed by atoms with Crippen molar-refractivity contribution < 1.29 is 4.79 Å². The van der Waals surface area contributed by atoms with E-state index in [1.165, 1.54) is 0 Å². The Hall–Kier alpha value is -0.180. The summed E-state index contributed by atoms with van der Waals surface area (Å²) >= 11 is 13.5. The van der Waals surface area contributed by atoms with Crippen LogP contribution in [0.1, 0.15) is 30.1 Å². The van der Waals surface area contributed by atoms with Crippen molar-refractivity contribution in [3.8, 4) is 0 Å². The second-order valence-corrected chi connectivity index (χ2v) is 6.55. The molecule has 4 heteroatoms. The van der Waals surface area contributed by atoms with Crippen LogP contribution in [-0.4, -0.2) is 16.3 Å². The molecular weight excluding hydrogens is 263 g/mol. The predicted octanol–water partition coefficient (Wildman–Crippen LogP) is 4.46. The summed E-state index contributed by atoms with van der Waals surface area (Å²) in [7, 11) is 0. The number of hydrogen-bond acceptors (Lipinski definition) is 2. The number of carbonyl (C=O) groups is 1. The summed E-state index contributed by atoms with van der Waals surface area (Å²) in [5.74, 6) is 1.22. The van der Waals surface area contributed by atoms with Crippen molar-refractivity contribution in [2.75, 3.05) is 5.75 Å². The second kappa shape index (κ2) is 4.59. The zero-order chi connectivity index (χ0) is 11.8. The van der Waals surface area contributed by atoms with E-state index in [-0.39, 0.29) is 10.5 Å². The van der Waals surface area contributed by atoms with E-state index in [9.17, 15) is 4.79 Å². The lowest BCUT2D eigenvalue weighted by Crippen LogP contribution is -2.28. The average Bonchev–Trinajstić information content (AvgIpc) is 2.70. The van der Waals surface area contributed by atoms with E-state index in [4.69, 9.17) is 23.2 Å². The Kier molecular flexibility index (Phi) is 3.53. The summed E-state index contributed by atoms with van der Waals surface area (Å²) in [6, 6.07) is 5.09. The molecule has 1 heterocycles. The van der Waals surface area contributed by atoms with Crippen LogP contribution in [0.5, 0.6) is 0 Å². The second-order valence-electron chi connectivity index (χ2n) is 4.14. The molecule has 1 aromatic carbocycles. The first kappa shape index (κ1) is 12.3. The zero-order valence-corrected chi connectivity index (χ0v) is 11.3. The molecule has 0 aromatic heterocycles. The van der Waals surface area contributed by atoms with Crippen LogP contribution in [-0.2, 0) is 0 Å². The molecule has 0 amide bonds. The van der Waals surface area contributed by atoms with Crippen molar-refractivity contribution in [2.24, 2.45) is 0 Å². The molecule has 1 aromatic rings. The van der Waals surface area contributed by atoms with Gasteiger partial charge in [0.05, 0.1) is 14.8 Å². The smallest absolute Gasteiger partial charge is 0.178 e. The molecule has 86 valence electrons. The summed E-state index contributed by atoms with van der Waals surface area (Å²) in [6.07, 6.45) is 2.05. The van der Waals surface area contributed by atoms with Crippen LogP contribution in [0, 0.1) is 0 Å². The van der Waals surface area contributed by atoms with E-state index < -0.39 is 0 Å². The standard InChI is InChI=1S/C12H12Cl2OS/c1-12(5-2-6-16-12)11(15)8-3-4-9(13)10(14)7-8/h3-4,7H,2,5-6H2,1H3. The summed E-state index contributed by atoms with van der Waals surface area (Å²) in [6.45, 7) is 2.01. The monoisotopic (exact) mass is 274 g/mol. The lowest BCUT2D eigenvalue weighted by molar-refractivity contribution is 0.0949. The third-order valence-electron chi connectivity index (χ3n) is 2.88. The fourth-order valence-electron chi connectivity index (χ4n) is 1.90. The van der Waals surface area contributed by atoms with Gasteiger partial charge in [-0.2, -0.15) is 0 Å². The lowest BCUT2D eigenvalue weighted by atomic mass is 9.95. The van der Waals surface area contributed by atoms with Gasteiger partial charge in [0.15, 0.2) is 5.78 Å². The van der Waals surface area contributed by atoms with Gasteiger partial charge in [-0.1, -0.05) is 23.2 Å². The number of rotatable bonds is 2. The predicted molar refractivity (Wildman–Crippen MR) is 70.9 cm³/mol. The Morgan fingerprint density at radius 3 is 2.69 bits per heavy atom. The van der Waals surface area contributed by atoms with Crippen molar-refractivity contribution in [2.45, 2.75) is 24.5 Å². The maximum atomic E-state index is 12.3. The molecule has 2 rings (SSSR count). The van der Waals surface area contributed by atoms with Gasteiger partial charge in [-0.05, 0) is 43.7 Å². The molecule has 0 spiro atoms. The minimum absolute atomic E-state index is 0.161. The molecule has 0 aliphatic carbocycles. The van der Waals surface area contributed by atoms with Crippen molar-refractivity contribution in [1.82, 2.24) is 0 Å². The number of thioether (sulfide) groups is 1. The average molecular weight is 275 g/mol. The van der Waals surface area contributed by atoms with Crippen LogP contribution < -0.4 is 0 Å². The van der Waals surface area contributed by atoms with E-state index in [0.717, 1.165) is 18.6 Å². The Balaban J connectivity index is 2.30. The highest BCUT2D eigenvalue weighted by Gasteiger charge is 2.37. The highest BCUT2D eigenvalue weighted by Crippen LogP contribution is 2.40. The number of halogens is 2. The van der Waals surface area contributed by atoms with E-state index in [2.05, 4.69) is 0 Å². The van der Waals surface area contributed by atoms with E-state index in [1.807, 2.05) is 6.92 Å². The van der Waals surface area contributed by atoms with Gasteiger partial charge in [-0.15, -0.1) is 11.8 Å². The van der Waals surface area contributed by atoms with Crippen LogP contribution in [0.4, 0.5) is 0 Å². The summed E-state index contributed by atoms with van der Waals surface area (Å²) in [5.41, 5.74) is 0.659. The largest absolute Gasteiger partial charge is 0.293 e. The number of ketones is 1. The first-order valence-corrected chi connectivity index (χ1v) is 6.91. The molecule has 0 saturated carbocycles. The fraction of sp³-hybridized carbons (Fsp3) is 0.417. The van der Waals surface area contributed by atoms with Gasteiger partial charge < -0.3 is 0 Å². The van der Waals surface area contributed by atoms with Crippen LogP contribution in [0.3, 0.4) is 0 Å². The number of carbonyl (C=O) groups excluding carboxylic acids is 1. The number of hydrogen-bond donors (Lipinski definition) is 0. The molecule has 1 fully saturated rings. The molecule has 1 atom stereocenters. The molecule has 1 nitrogen and oxygen atoms in total. The van der Waals surface area contributed by atoms with Gasteiger partial charge in [-0.25, -0.2) is 0 Å². The summed E-state index contributed by atoms with van der Waals surface area (Å²) in [5, 5.41) is 0.932. The number of benzene rings is 1. The first-order valence-electron chi connectivity index (χ1n) is 5.17. The Bertz CT molecular complexity index is 425. The zero-order valence-electron chi connectivity index (χ0n) is 8.93. The maximum absolute atomic E-state index is 12.3. The van der Waals surface area contributed by atoms with E-state index in [0.29, 0.717) is 15.6 Å². The topological polar surface area (TPSA) is 17.1 Å². The SMILES string of the molecule is CC1(C(=O)c2ccc(Cl)c(Cl)c2)CCCS1. The molecule has 0 radical (unpaired) electrons. The lowest BCUT2D eigenvalue weighted by Gasteiger charge is -2.20. The Morgan fingerprint density at radius 1 is 1.38 bits per heavy atom. The van der Waals surface area contributed by atoms with Crippen molar-refractivity contribution in [3.63, 3.8) is 0 Å². The van der Waals surface area contributed by atoms with Gasteiger partial charge >= 0.3 is 0 Å². The minimum atomic E-state index is -0.281. The Morgan fingerprint density at radius 2 is 2.12 bits per heavy atom.